The number of piperidine rings is 4. The molecule has 15 rings (SSSR count). The average Bonchev–Trinajstić information content (AvgIpc) is 1.76. The number of benzene rings is 4. The van der Waals surface area contributed by atoms with E-state index in [-0.39, 0.29) is 29.6 Å². The fraction of sp³-hybridized carbons (Fsp3) is 0.699. The van der Waals surface area contributed by atoms with Crippen molar-refractivity contribution in [1.29, 1.82) is 0 Å². The molecule has 1 spiro atoms. The normalized spacial score (nSPS) is 29.7. The molecule has 2 N–H and O–H groups in total. The van der Waals surface area contributed by atoms with Crippen molar-refractivity contribution in [3.05, 3.63) is 119 Å². The topological polar surface area (TPSA) is 120 Å². The minimum absolute atomic E-state index is 0.0969. The van der Waals surface area contributed by atoms with Gasteiger partial charge >= 0.3 is 6.09 Å². The van der Waals surface area contributed by atoms with Crippen molar-refractivity contribution in [2.45, 2.75) is 265 Å². The fourth-order valence-electron chi connectivity index (χ4n) is 21.1. The van der Waals surface area contributed by atoms with Gasteiger partial charge in [-0.1, -0.05) is 87.8 Å². The van der Waals surface area contributed by atoms with Crippen molar-refractivity contribution in [2.24, 2.45) is 17.3 Å². The highest BCUT2D eigenvalue weighted by atomic mass is 19.1. The monoisotopic (exact) mass is 1370 g/mol. The number of rotatable bonds is 13. The van der Waals surface area contributed by atoms with Gasteiger partial charge in [-0.15, -0.1) is 0 Å². The van der Waals surface area contributed by atoms with Crippen LogP contribution in [0.4, 0.5) is 18.0 Å². The molecule has 9 atom stereocenters. The Morgan fingerprint density at radius 3 is 1.70 bits per heavy atom. The van der Waals surface area contributed by atoms with Crippen LogP contribution in [0.5, 0.6) is 23.0 Å². The number of ether oxygens (including phenoxy) is 5. The molecule has 5 saturated carbocycles. The number of halogens is 3. The molecule has 11 aliphatic rings. The molecule has 1 amide bonds. The third-order valence-electron chi connectivity index (χ3n) is 26.4. The SMILES string of the molecule is CCOC(=O)N1C2CCC(N3CCC(c4cc(F)cc(F)c4OC)CC3)CC1CC2.COc1ccc(F)cc1C1CCN(C2CCCCC2)CC1.COc1ccccc1C1(O)CCN(C2C[C@H]3CCC2C3)CC1O.COc1ccccc1C1CCN(C2CCCC3(CCCCC3)C2)CC1. The second kappa shape index (κ2) is 34.5. The molecule has 5 aliphatic carbocycles. The lowest BCUT2D eigenvalue weighted by atomic mass is 9.64. The molecule has 16 heteroatoms. The summed E-state index contributed by atoms with van der Waals surface area (Å²) in [6.45, 7) is 10.3. The van der Waals surface area contributed by atoms with Crippen LogP contribution in [0.15, 0.2) is 78.9 Å². The van der Waals surface area contributed by atoms with Crippen LogP contribution in [0.25, 0.3) is 0 Å². The quantitative estimate of drug-likeness (QED) is 0.133. The van der Waals surface area contributed by atoms with Gasteiger partial charge in [0, 0.05) is 72.1 Å². The molecule has 0 radical (unpaired) electrons. The number of aliphatic hydroxyl groups is 2. The number of hydrogen-bond donors (Lipinski definition) is 2. The predicted octanol–water partition coefficient (Wildman–Crippen LogP) is 16.9. The Kier molecular flexibility index (Phi) is 25.6. The summed E-state index contributed by atoms with van der Waals surface area (Å²) in [5.41, 5.74) is 3.35. The van der Waals surface area contributed by atoms with Crippen LogP contribution >= 0.6 is 0 Å². The average molecular weight is 1370 g/mol. The summed E-state index contributed by atoms with van der Waals surface area (Å²) in [5.74, 6) is 4.34. The van der Waals surface area contributed by atoms with Crippen LogP contribution in [0.2, 0.25) is 0 Å². The molecule has 6 saturated heterocycles. The maximum absolute atomic E-state index is 14.1. The first-order chi connectivity index (χ1) is 48.2. The summed E-state index contributed by atoms with van der Waals surface area (Å²) in [7, 11) is 6.53. The van der Waals surface area contributed by atoms with Crippen molar-refractivity contribution >= 4 is 6.09 Å². The Labute approximate surface area is 591 Å². The number of fused-ring (bicyclic) bond motifs is 4. The van der Waals surface area contributed by atoms with Crippen molar-refractivity contribution in [3.8, 4) is 23.0 Å². The van der Waals surface area contributed by atoms with E-state index in [1.165, 1.54) is 166 Å². The van der Waals surface area contributed by atoms with Crippen LogP contribution in [0, 0.1) is 34.7 Å². The Morgan fingerprint density at radius 1 is 0.495 bits per heavy atom. The number of β-amino-alcohol motifs (C(OH)–C–C–N with tert-alkyl or cyclic N) is 1. The second-order valence-electron chi connectivity index (χ2n) is 31.8. The van der Waals surface area contributed by atoms with E-state index in [9.17, 15) is 28.2 Å². The van der Waals surface area contributed by atoms with E-state index < -0.39 is 23.3 Å². The number of methoxy groups -OCH3 is 4. The molecule has 99 heavy (non-hydrogen) atoms. The standard InChI is InChI=1S/C23H32F2N2O3.C23H35NO.C19H27NO3.C18H26FNO/c1-3-30-23(28)27-17-4-6-18(14-19(27)7-5-17)26-10-8-15(9-11-26)20-12-16(24)13-21(25)22(20)29-2;1-25-22-10-4-3-9-21(22)19-11-16-24(17-12-19)20-8-7-15-23(18-20)13-5-2-6-14-23;1-23-17-5-3-2-4-15(17)19(22)8-9-20(12-18(19)21)16-11-13-6-7-14(16)10-13;1-21-18-8-7-15(19)13-17(18)14-9-11-20(12-10-14)16-5-3-2-4-6-16/h12-13,15,17-19H,3-11,14H2,1-2H3;3-4,9-10,19-20H,2,5-8,11-18H2,1H3;2-5,13-14,16,18,21-22H,6-12H2,1H3;7-8,13-14,16H,2-6,9-12H2,1H3/t;;13-,14?,16?,18?,19?;/m..0./s1. The number of nitrogens with zero attached hydrogens (tertiary/aromatic N) is 5. The van der Waals surface area contributed by atoms with Crippen molar-refractivity contribution < 1.29 is 51.9 Å². The number of para-hydroxylation sites is 2. The van der Waals surface area contributed by atoms with Gasteiger partial charge in [0.05, 0.1) is 41.2 Å². The van der Waals surface area contributed by atoms with Gasteiger partial charge < -0.3 is 53.5 Å². The molecule has 11 fully saturated rings. The number of carbonyl (C=O) groups excluding carboxylic acids is 1. The zero-order chi connectivity index (χ0) is 69.0. The van der Waals surface area contributed by atoms with Crippen LogP contribution in [0.1, 0.15) is 240 Å². The summed E-state index contributed by atoms with van der Waals surface area (Å²) in [6, 6.07) is 26.7. The van der Waals surface area contributed by atoms with Gasteiger partial charge in [-0.2, -0.15) is 0 Å². The first kappa shape index (κ1) is 73.6. The number of likely N-dealkylation sites (tertiary alicyclic amines) is 4. The number of hydrogen-bond acceptors (Lipinski definition) is 12. The molecule has 6 heterocycles. The van der Waals surface area contributed by atoms with Crippen LogP contribution in [-0.4, -0.2) is 171 Å². The lowest BCUT2D eigenvalue weighted by Gasteiger charge is -2.48. The third kappa shape index (κ3) is 17.4. The van der Waals surface area contributed by atoms with Crippen molar-refractivity contribution in [2.75, 3.05) is 87.4 Å². The highest BCUT2D eigenvalue weighted by molar-refractivity contribution is 5.69. The van der Waals surface area contributed by atoms with E-state index >= 15 is 0 Å². The number of amides is 1. The highest BCUT2D eigenvalue weighted by Crippen LogP contribution is 2.51. The van der Waals surface area contributed by atoms with Crippen molar-refractivity contribution in [1.82, 2.24) is 24.5 Å². The molecule has 6 aliphatic heterocycles. The molecular weight excluding hydrogens is 1250 g/mol. The predicted molar refractivity (Wildman–Crippen MR) is 386 cm³/mol. The Morgan fingerprint density at radius 2 is 1.06 bits per heavy atom. The Bertz CT molecular complexity index is 3190. The van der Waals surface area contributed by atoms with Crippen LogP contribution in [-0.2, 0) is 10.3 Å². The minimum atomic E-state index is -1.21. The van der Waals surface area contributed by atoms with Gasteiger partial charge in [-0.05, 0) is 264 Å². The van der Waals surface area contributed by atoms with Gasteiger partial charge in [0.25, 0.3) is 0 Å². The lowest BCUT2D eigenvalue weighted by Crippen LogP contribution is -2.56. The molecule has 4 bridgehead atoms. The number of carbonyl (C=O) groups is 1. The van der Waals surface area contributed by atoms with E-state index in [4.69, 9.17) is 23.7 Å². The first-order valence-electron chi connectivity index (χ1n) is 39.1. The van der Waals surface area contributed by atoms with Gasteiger partial charge in [0.1, 0.15) is 34.5 Å². The Hall–Kier alpha value is -5.10. The largest absolute Gasteiger partial charge is 0.496 e. The maximum Gasteiger partial charge on any atom is 0.410 e. The smallest absolute Gasteiger partial charge is 0.410 e. The summed E-state index contributed by atoms with van der Waals surface area (Å²) in [5, 5.41) is 21.9. The van der Waals surface area contributed by atoms with Gasteiger partial charge in [0.2, 0.25) is 0 Å². The van der Waals surface area contributed by atoms with Gasteiger partial charge in [0.15, 0.2) is 11.6 Å². The fourth-order valence-corrected chi connectivity index (χ4v) is 21.1. The van der Waals surface area contributed by atoms with Crippen LogP contribution in [0.3, 0.4) is 0 Å². The maximum atomic E-state index is 14.1. The van der Waals surface area contributed by atoms with E-state index in [0.717, 1.165) is 143 Å². The highest BCUT2D eigenvalue weighted by Gasteiger charge is 2.50. The molecule has 13 nitrogen and oxygen atoms in total. The Balaban J connectivity index is 0.000000126. The molecule has 546 valence electrons. The van der Waals surface area contributed by atoms with E-state index in [1.54, 1.807) is 33.5 Å². The number of aliphatic hydroxyl groups excluding tert-OH is 1. The molecule has 8 unspecified atom stereocenters. The minimum Gasteiger partial charge on any atom is -0.496 e. The summed E-state index contributed by atoms with van der Waals surface area (Å²) < 4.78 is 68.4. The molecule has 4 aromatic rings. The van der Waals surface area contributed by atoms with E-state index in [2.05, 4.69) is 43.9 Å². The lowest BCUT2D eigenvalue weighted by molar-refractivity contribution is -0.134. The molecular formula is C83H120F3N5O8. The summed E-state index contributed by atoms with van der Waals surface area (Å²) in [4.78, 5) is 24.9. The van der Waals surface area contributed by atoms with E-state index in [0.29, 0.717) is 66.4 Å². The van der Waals surface area contributed by atoms with Crippen molar-refractivity contribution in [3.63, 3.8) is 0 Å². The van der Waals surface area contributed by atoms with Gasteiger partial charge in [-0.25, -0.2) is 18.0 Å². The zero-order valence-corrected chi connectivity index (χ0v) is 60.7. The molecule has 0 aromatic heterocycles. The van der Waals surface area contributed by atoms with Gasteiger partial charge in [-0.3, -0.25) is 4.90 Å². The summed E-state index contributed by atoms with van der Waals surface area (Å²) >= 11 is 0. The third-order valence-corrected chi connectivity index (χ3v) is 26.4. The zero-order valence-electron chi connectivity index (χ0n) is 60.7. The molecule has 4 aromatic carbocycles. The second-order valence-corrected chi connectivity index (χ2v) is 31.8. The van der Waals surface area contributed by atoms with E-state index in [1.807, 2.05) is 36.1 Å². The first-order valence-corrected chi connectivity index (χ1v) is 39.1. The summed E-state index contributed by atoms with van der Waals surface area (Å²) in [6.07, 6.45) is 37.1. The van der Waals surface area contributed by atoms with Crippen LogP contribution < -0.4 is 18.9 Å².